The lowest BCUT2D eigenvalue weighted by Gasteiger charge is -2.33. The molecule has 0 aromatic heterocycles. The van der Waals surface area contributed by atoms with Crippen molar-refractivity contribution in [2.45, 2.75) is 57.9 Å². The molecular weight excluding hydrogens is 434 g/mol. The first kappa shape index (κ1) is 25.4. The third-order valence-electron chi connectivity index (χ3n) is 8.08. The molecule has 35 heavy (non-hydrogen) atoms. The molecule has 0 radical (unpaired) electrons. The summed E-state index contributed by atoms with van der Waals surface area (Å²) in [6.07, 6.45) is 2.80. The molecule has 0 aliphatic carbocycles. The molecule has 2 aromatic carbocycles. The number of hydrogen-bond donors (Lipinski definition) is 1. The van der Waals surface area contributed by atoms with Crippen LogP contribution < -0.4 is 5.73 Å². The van der Waals surface area contributed by atoms with Crippen LogP contribution in [-0.4, -0.2) is 53.8 Å². The Kier molecular flexibility index (Phi) is 8.27. The molecule has 2 aliphatic heterocycles. The van der Waals surface area contributed by atoms with Gasteiger partial charge in [0.25, 0.3) is 0 Å². The van der Waals surface area contributed by atoms with Crippen molar-refractivity contribution in [1.29, 1.82) is 0 Å². The van der Waals surface area contributed by atoms with Crippen LogP contribution in [0.15, 0.2) is 60.7 Å². The molecule has 2 N–H and O–H groups in total. The van der Waals surface area contributed by atoms with E-state index in [0.29, 0.717) is 30.7 Å². The highest BCUT2D eigenvalue weighted by molar-refractivity contribution is 5.87. The van der Waals surface area contributed by atoms with Crippen molar-refractivity contribution in [1.82, 2.24) is 9.80 Å². The molecule has 0 saturated carbocycles. The Morgan fingerprint density at radius 2 is 1.51 bits per heavy atom. The number of likely N-dealkylation sites (tertiary alicyclic amines) is 2. The summed E-state index contributed by atoms with van der Waals surface area (Å²) in [6.45, 7) is 9.72. The number of rotatable bonds is 9. The van der Waals surface area contributed by atoms with Gasteiger partial charge in [-0.2, -0.15) is 0 Å². The minimum absolute atomic E-state index is 0.104. The Morgan fingerprint density at radius 1 is 0.914 bits per heavy atom. The second-order valence-corrected chi connectivity index (χ2v) is 11.1. The van der Waals surface area contributed by atoms with Crippen molar-refractivity contribution < 1.29 is 9.59 Å². The van der Waals surface area contributed by atoms with Gasteiger partial charge in [0.05, 0.1) is 0 Å². The maximum atomic E-state index is 14.0. The van der Waals surface area contributed by atoms with Crippen LogP contribution in [0, 0.1) is 17.8 Å². The molecule has 5 nitrogen and oxygen atoms in total. The Hall–Kier alpha value is -2.66. The summed E-state index contributed by atoms with van der Waals surface area (Å²) in [7, 11) is 0. The van der Waals surface area contributed by atoms with Gasteiger partial charge in [-0.15, -0.1) is 0 Å². The minimum Gasteiger partial charge on any atom is -0.369 e. The standard InChI is InChI=1S/C30H41N3O2/c1-21(2)16-28(22(3)29(31)34)30(35)33-19-26(24-12-8-5-9-13-24)17-27(33)20-32-15-14-25(18-32)23-10-6-4-7-11-23/h4-13,21-22,25-28H,14-20H2,1-3H3,(H2,31,34)/t22?,25?,26-,27-,28-/m0/s1. The average molecular weight is 476 g/mol. The highest BCUT2D eigenvalue weighted by Crippen LogP contribution is 2.36. The molecule has 188 valence electrons. The van der Waals surface area contributed by atoms with Gasteiger partial charge in [-0.25, -0.2) is 0 Å². The molecular formula is C30H41N3O2. The Morgan fingerprint density at radius 3 is 2.09 bits per heavy atom. The van der Waals surface area contributed by atoms with E-state index in [1.807, 2.05) is 13.0 Å². The van der Waals surface area contributed by atoms with Gasteiger partial charge in [0.2, 0.25) is 11.8 Å². The molecule has 2 aliphatic rings. The van der Waals surface area contributed by atoms with Crippen LogP contribution in [0.1, 0.15) is 63.0 Å². The summed E-state index contributed by atoms with van der Waals surface area (Å²) in [6, 6.07) is 21.5. The number of carbonyl (C=O) groups is 2. The van der Waals surface area contributed by atoms with Crippen molar-refractivity contribution in [3.8, 4) is 0 Å². The molecule has 2 aromatic rings. The molecule has 5 atom stereocenters. The normalized spacial score (nSPS) is 24.6. The van der Waals surface area contributed by atoms with Crippen LogP contribution >= 0.6 is 0 Å². The lowest BCUT2D eigenvalue weighted by Crippen LogP contribution is -2.48. The van der Waals surface area contributed by atoms with E-state index in [4.69, 9.17) is 5.73 Å². The summed E-state index contributed by atoms with van der Waals surface area (Å²) >= 11 is 0. The highest BCUT2D eigenvalue weighted by Gasteiger charge is 2.42. The van der Waals surface area contributed by atoms with Crippen molar-refractivity contribution in [3.63, 3.8) is 0 Å². The summed E-state index contributed by atoms with van der Waals surface area (Å²) in [5, 5.41) is 0. The number of nitrogens with two attached hydrogens (primary N) is 1. The van der Waals surface area contributed by atoms with Gasteiger partial charge in [-0.1, -0.05) is 81.4 Å². The fourth-order valence-corrected chi connectivity index (χ4v) is 6.06. The minimum atomic E-state index is -0.462. The average Bonchev–Trinajstić information content (AvgIpc) is 3.50. The highest BCUT2D eigenvalue weighted by atomic mass is 16.2. The second-order valence-electron chi connectivity index (χ2n) is 11.1. The van der Waals surface area contributed by atoms with Crippen LogP contribution in [0.2, 0.25) is 0 Å². The number of carbonyl (C=O) groups excluding carboxylic acids is 2. The zero-order chi connectivity index (χ0) is 24.9. The van der Waals surface area contributed by atoms with Crippen LogP contribution in [0.5, 0.6) is 0 Å². The van der Waals surface area contributed by atoms with Gasteiger partial charge in [-0.05, 0) is 48.8 Å². The predicted octanol–water partition coefficient (Wildman–Crippen LogP) is 4.64. The summed E-state index contributed by atoms with van der Waals surface area (Å²) in [4.78, 5) is 30.7. The Balaban J connectivity index is 1.53. The Bertz CT molecular complexity index is 978. The van der Waals surface area contributed by atoms with Crippen LogP contribution in [0.25, 0.3) is 0 Å². The summed E-state index contributed by atoms with van der Waals surface area (Å²) in [5.41, 5.74) is 8.38. The van der Waals surface area contributed by atoms with E-state index in [0.717, 1.165) is 32.5 Å². The SMILES string of the molecule is CC(C)C[C@H](C(=O)N1C[C@@H](c2ccccc2)C[C@H]1CN1CCC(c2ccccc2)C1)C(C)C(N)=O. The fraction of sp³-hybridized carbons (Fsp3) is 0.533. The molecule has 0 spiro atoms. The molecule has 0 bridgehead atoms. The largest absolute Gasteiger partial charge is 0.369 e. The third kappa shape index (κ3) is 6.13. The Labute approximate surface area is 210 Å². The van der Waals surface area contributed by atoms with Crippen molar-refractivity contribution in [2.75, 3.05) is 26.2 Å². The fourth-order valence-electron chi connectivity index (χ4n) is 6.06. The van der Waals surface area contributed by atoms with Crippen molar-refractivity contribution >= 4 is 11.8 Å². The zero-order valence-electron chi connectivity index (χ0n) is 21.5. The number of benzene rings is 2. The molecule has 5 heteroatoms. The summed E-state index contributed by atoms with van der Waals surface area (Å²) in [5.74, 6) is 0.0889. The molecule has 2 fully saturated rings. The first-order chi connectivity index (χ1) is 16.8. The van der Waals surface area contributed by atoms with E-state index in [-0.39, 0.29) is 23.8 Å². The zero-order valence-corrected chi connectivity index (χ0v) is 21.5. The van der Waals surface area contributed by atoms with E-state index in [9.17, 15) is 9.59 Å². The van der Waals surface area contributed by atoms with Gasteiger partial charge in [0.1, 0.15) is 0 Å². The maximum Gasteiger partial charge on any atom is 0.226 e. The van der Waals surface area contributed by atoms with Gasteiger partial charge >= 0.3 is 0 Å². The van der Waals surface area contributed by atoms with E-state index in [1.54, 1.807) is 0 Å². The lowest BCUT2D eigenvalue weighted by molar-refractivity contribution is -0.142. The van der Waals surface area contributed by atoms with E-state index in [1.165, 1.54) is 11.1 Å². The summed E-state index contributed by atoms with van der Waals surface area (Å²) < 4.78 is 0. The van der Waals surface area contributed by atoms with Gasteiger partial charge in [0.15, 0.2) is 0 Å². The van der Waals surface area contributed by atoms with Crippen molar-refractivity contribution in [2.24, 2.45) is 23.5 Å². The molecule has 2 amide bonds. The van der Waals surface area contributed by atoms with Gasteiger partial charge in [0, 0.05) is 43.4 Å². The molecule has 2 saturated heterocycles. The third-order valence-corrected chi connectivity index (χ3v) is 8.08. The molecule has 2 heterocycles. The number of primary amides is 1. The van der Waals surface area contributed by atoms with Crippen LogP contribution in [0.4, 0.5) is 0 Å². The number of hydrogen-bond acceptors (Lipinski definition) is 3. The molecule has 2 unspecified atom stereocenters. The monoisotopic (exact) mass is 475 g/mol. The first-order valence-corrected chi connectivity index (χ1v) is 13.3. The topological polar surface area (TPSA) is 66.6 Å². The van der Waals surface area contributed by atoms with E-state index in [2.05, 4.69) is 78.2 Å². The maximum absolute atomic E-state index is 14.0. The van der Waals surface area contributed by atoms with Gasteiger partial charge < -0.3 is 15.5 Å². The number of amides is 2. The lowest BCUT2D eigenvalue weighted by atomic mass is 9.84. The van der Waals surface area contributed by atoms with Gasteiger partial charge in [-0.3, -0.25) is 9.59 Å². The van der Waals surface area contributed by atoms with E-state index >= 15 is 0 Å². The molecule has 4 rings (SSSR count). The second kappa shape index (κ2) is 11.4. The first-order valence-electron chi connectivity index (χ1n) is 13.3. The predicted molar refractivity (Wildman–Crippen MR) is 141 cm³/mol. The number of nitrogens with zero attached hydrogens (tertiary/aromatic N) is 2. The van der Waals surface area contributed by atoms with Crippen LogP contribution in [0.3, 0.4) is 0 Å². The van der Waals surface area contributed by atoms with E-state index < -0.39 is 5.92 Å². The quantitative estimate of drug-likeness (QED) is 0.574. The van der Waals surface area contributed by atoms with Crippen LogP contribution in [-0.2, 0) is 9.59 Å². The van der Waals surface area contributed by atoms with Crippen molar-refractivity contribution in [3.05, 3.63) is 71.8 Å². The smallest absolute Gasteiger partial charge is 0.226 e.